The molecule has 2 unspecified atom stereocenters. The Labute approximate surface area is 382 Å². The number of allylic oxidation sites excluding steroid dienone is 2. The molecule has 5 nitrogen and oxygen atoms in total. The molecule has 0 N–H and O–H groups in total. The molecule has 3 heterocycles. The van der Waals surface area contributed by atoms with Gasteiger partial charge in [0.2, 0.25) is 0 Å². The zero-order valence-corrected chi connectivity index (χ0v) is 37.5. The second-order valence-electron chi connectivity index (χ2n) is 18.3. The normalized spacial score (nSPS) is 15.4. The lowest BCUT2D eigenvalue weighted by molar-refractivity contribution is 0.601. The molecule has 0 amide bonds. The van der Waals surface area contributed by atoms with Gasteiger partial charge < -0.3 is 23.1 Å². The first kappa shape index (κ1) is 38.4. The number of aryl methyl sites for hydroxylation is 3. The van der Waals surface area contributed by atoms with Gasteiger partial charge in [-0.15, -0.1) is 0 Å². The number of fused-ring (bicyclic) bond motifs is 13. The molecule has 12 aromatic rings. The summed E-state index contributed by atoms with van der Waals surface area (Å²) in [6.45, 7) is 10.9. The molecule has 0 radical (unpaired) electrons. The van der Waals surface area contributed by atoms with Crippen molar-refractivity contribution in [1.82, 2.24) is 0 Å². The molecule has 1 aliphatic carbocycles. The Hall–Kier alpha value is -8.02. The molecule has 0 saturated carbocycles. The fraction of sp³-hybridized carbons (Fsp3) is 0.115. The molecule has 66 heavy (non-hydrogen) atoms. The molecule has 3 aromatic heterocycles. The topological polar surface area (TPSA) is 45.9 Å². The van der Waals surface area contributed by atoms with Gasteiger partial charge in [0.05, 0.1) is 28.8 Å². The Balaban J connectivity index is 1.14. The maximum atomic E-state index is 7.22. The first-order valence-corrected chi connectivity index (χ1v) is 22.9. The van der Waals surface area contributed by atoms with Crippen LogP contribution in [0.1, 0.15) is 30.5 Å². The number of rotatable bonds is 6. The van der Waals surface area contributed by atoms with Crippen molar-refractivity contribution in [3.05, 3.63) is 198 Å². The number of hydrogen-bond acceptors (Lipinski definition) is 5. The molecule has 9 aromatic carbocycles. The highest BCUT2D eigenvalue weighted by Crippen LogP contribution is 2.51. The van der Waals surface area contributed by atoms with E-state index in [-0.39, 0.29) is 12.0 Å². The van der Waals surface area contributed by atoms with Gasteiger partial charge in [0.15, 0.2) is 11.2 Å². The highest BCUT2D eigenvalue weighted by molar-refractivity contribution is 6.26. The monoisotopic (exact) mass is 854 g/mol. The lowest BCUT2D eigenvalue weighted by atomic mass is 9.90. The average Bonchev–Trinajstić information content (AvgIpc) is 4.04. The van der Waals surface area contributed by atoms with E-state index in [2.05, 4.69) is 220 Å². The van der Waals surface area contributed by atoms with E-state index in [9.17, 15) is 0 Å². The van der Waals surface area contributed by atoms with E-state index >= 15 is 0 Å². The van der Waals surface area contributed by atoms with E-state index in [0.717, 1.165) is 127 Å². The summed E-state index contributed by atoms with van der Waals surface area (Å²) in [6.07, 6.45) is 7.00. The molecular formula is C61H46N2O3. The Bertz CT molecular complexity index is 4050. The fourth-order valence-electron chi connectivity index (χ4n) is 10.9. The number of hydrogen-bond donors (Lipinski definition) is 0. The smallest absolute Gasteiger partial charge is 0.159 e. The summed E-state index contributed by atoms with van der Waals surface area (Å²) in [5.74, 6) is 0.203. The van der Waals surface area contributed by atoms with Crippen LogP contribution in [-0.4, -0.2) is 6.04 Å². The van der Waals surface area contributed by atoms with Crippen LogP contribution >= 0.6 is 0 Å². The first-order valence-electron chi connectivity index (χ1n) is 22.9. The molecule has 5 heteroatoms. The molecule has 0 spiro atoms. The molecule has 318 valence electrons. The van der Waals surface area contributed by atoms with Gasteiger partial charge in [0, 0.05) is 59.5 Å². The zero-order valence-electron chi connectivity index (χ0n) is 37.5. The molecule has 1 aliphatic rings. The predicted octanol–water partition coefficient (Wildman–Crippen LogP) is 17.7. The third kappa shape index (κ3) is 5.66. The van der Waals surface area contributed by atoms with Crippen LogP contribution in [0.3, 0.4) is 0 Å². The van der Waals surface area contributed by atoms with Crippen LogP contribution < -0.4 is 9.80 Å². The Morgan fingerprint density at radius 2 is 0.864 bits per heavy atom. The standard InChI is InChI=1S/C61H46N2O3/c1-35-15-10-18-40(31-35)62(51-27-13-25-47-45-23-11-16-38(4)56(45)64-60(47)51)54-33-49-50-34-55(42-20-7-9-22-44(42)59(50)66-58(49)43-21-8-6-19-41(43)54)63(53-32-36(2)29-30-37(53)3)52-28-14-26-48-46-24-12-17-39(5)57(46)65-61(48)52/h6-34,37,53H,1-5H3. The van der Waals surface area contributed by atoms with Crippen LogP contribution in [0, 0.1) is 26.7 Å². The minimum absolute atomic E-state index is 0.00457. The van der Waals surface area contributed by atoms with E-state index in [1.54, 1.807) is 0 Å². The third-order valence-corrected chi connectivity index (χ3v) is 14.0. The summed E-state index contributed by atoms with van der Waals surface area (Å²) in [6, 6.07) is 56.8. The second-order valence-corrected chi connectivity index (χ2v) is 18.3. The molecule has 0 bridgehead atoms. The van der Waals surface area contributed by atoms with Crippen molar-refractivity contribution in [2.45, 2.75) is 40.7 Å². The maximum absolute atomic E-state index is 7.22. The SMILES string of the molecule is CC1=CC(N(c2cc3c4cc(N(c5cccc(C)c5)c5cccc6c5oc5c(C)cccc56)c5ccccc5c4oc3c3ccccc23)c2cccc3c2oc2c(C)cccc23)C(C)C=C1. The largest absolute Gasteiger partial charge is 0.455 e. The maximum Gasteiger partial charge on any atom is 0.159 e. The number of furan rings is 3. The van der Waals surface area contributed by atoms with Gasteiger partial charge in [-0.25, -0.2) is 0 Å². The highest BCUT2D eigenvalue weighted by atomic mass is 16.3. The summed E-state index contributed by atoms with van der Waals surface area (Å²) in [5.41, 5.74) is 15.1. The molecule has 0 aliphatic heterocycles. The average molecular weight is 855 g/mol. The summed E-state index contributed by atoms with van der Waals surface area (Å²) < 4.78 is 21.1. The van der Waals surface area contributed by atoms with Gasteiger partial charge in [-0.3, -0.25) is 0 Å². The summed E-state index contributed by atoms with van der Waals surface area (Å²) in [4.78, 5) is 4.92. The van der Waals surface area contributed by atoms with Crippen LogP contribution in [0.5, 0.6) is 0 Å². The molecular weight excluding hydrogens is 809 g/mol. The molecule has 2 atom stereocenters. The quantitative estimate of drug-likeness (QED) is 0.167. The molecule has 0 fully saturated rings. The Morgan fingerprint density at radius 3 is 1.48 bits per heavy atom. The number of nitrogens with zero attached hydrogens (tertiary/aromatic N) is 2. The van der Waals surface area contributed by atoms with Crippen LogP contribution in [-0.2, 0) is 0 Å². The van der Waals surface area contributed by atoms with Crippen LogP contribution in [0.2, 0.25) is 0 Å². The number of anilines is 5. The first-order chi connectivity index (χ1) is 32.3. The van der Waals surface area contributed by atoms with E-state index < -0.39 is 0 Å². The lowest BCUT2D eigenvalue weighted by Crippen LogP contribution is -2.36. The Morgan fingerprint density at radius 1 is 0.394 bits per heavy atom. The Kier molecular flexibility index (Phi) is 8.44. The van der Waals surface area contributed by atoms with Gasteiger partial charge >= 0.3 is 0 Å². The summed E-state index contributed by atoms with van der Waals surface area (Å²) >= 11 is 0. The van der Waals surface area contributed by atoms with Crippen molar-refractivity contribution >= 4 is 116 Å². The number of benzene rings is 9. The minimum atomic E-state index is -0.00457. The van der Waals surface area contributed by atoms with E-state index in [1.807, 2.05) is 0 Å². The lowest BCUT2D eigenvalue weighted by Gasteiger charge is -2.37. The van der Waals surface area contributed by atoms with Crippen molar-refractivity contribution in [3.63, 3.8) is 0 Å². The van der Waals surface area contributed by atoms with Gasteiger partial charge in [0.1, 0.15) is 22.3 Å². The predicted molar refractivity (Wildman–Crippen MR) is 277 cm³/mol. The van der Waals surface area contributed by atoms with Crippen molar-refractivity contribution in [1.29, 1.82) is 0 Å². The molecule has 13 rings (SSSR count). The van der Waals surface area contributed by atoms with Crippen molar-refractivity contribution in [2.24, 2.45) is 5.92 Å². The fourth-order valence-corrected chi connectivity index (χ4v) is 10.9. The minimum Gasteiger partial charge on any atom is -0.455 e. The van der Waals surface area contributed by atoms with Crippen molar-refractivity contribution in [3.8, 4) is 0 Å². The van der Waals surface area contributed by atoms with Gasteiger partial charge in [-0.1, -0.05) is 152 Å². The summed E-state index contributed by atoms with van der Waals surface area (Å²) in [5, 5.41) is 10.8. The second kappa shape index (κ2) is 14.5. The summed E-state index contributed by atoms with van der Waals surface area (Å²) in [7, 11) is 0. The van der Waals surface area contributed by atoms with E-state index in [1.165, 1.54) is 11.1 Å². The van der Waals surface area contributed by atoms with Crippen LogP contribution in [0.25, 0.3) is 87.4 Å². The van der Waals surface area contributed by atoms with Crippen molar-refractivity contribution < 1.29 is 13.3 Å². The van der Waals surface area contributed by atoms with E-state index in [4.69, 9.17) is 13.3 Å². The van der Waals surface area contributed by atoms with Crippen LogP contribution in [0.15, 0.2) is 195 Å². The molecule has 0 saturated heterocycles. The zero-order chi connectivity index (χ0) is 44.4. The highest BCUT2D eigenvalue weighted by Gasteiger charge is 2.31. The number of para-hydroxylation sites is 4. The van der Waals surface area contributed by atoms with Gasteiger partial charge in [-0.2, -0.15) is 0 Å². The van der Waals surface area contributed by atoms with Gasteiger partial charge in [0.25, 0.3) is 0 Å². The van der Waals surface area contributed by atoms with Gasteiger partial charge in [-0.05, 0) is 86.7 Å². The van der Waals surface area contributed by atoms with Crippen molar-refractivity contribution in [2.75, 3.05) is 9.80 Å². The van der Waals surface area contributed by atoms with E-state index in [0.29, 0.717) is 0 Å². The third-order valence-electron chi connectivity index (χ3n) is 14.0. The van der Waals surface area contributed by atoms with Crippen LogP contribution in [0.4, 0.5) is 28.4 Å².